The minimum atomic E-state index is -2.62. The molecule has 4 nitrogen and oxygen atoms in total. The van der Waals surface area contributed by atoms with Gasteiger partial charge in [-0.25, -0.2) is 0 Å². The number of fused-ring (bicyclic) bond motifs is 2. The summed E-state index contributed by atoms with van der Waals surface area (Å²) in [7, 11) is 1.21. The van der Waals surface area contributed by atoms with E-state index in [2.05, 4.69) is 89.3 Å². The molecule has 0 saturated carbocycles. The molecule has 6 heteroatoms. The van der Waals surface area contributed by atoms with Crippen molar-refractivity contribution < 1.29 is 18.6 Å². The largest absolute Gasteiger partial charge is 0.404 e. The molecule has 4 rings (SSSR count). The molecule has 2 saturated heterocycles. The standard InChI is InChI=1S/C24H33BO4Si/c1-23(2,3)30(18-11-7-5-8-12-18,19-13-9-6-10-14-19)28-17-24-15-16-27-20(21(24)26-4)22(25)29-24/h5-14,20-22H,15-17,25H2,1-4H3/t20-,21+,22-,24-/m1/s1. The van der Waals surface area contributed by atoms with Gasteiger partial charge in [-0.1, -0.05) is 81.4 Å². The highest BCUT2D eigenvalue weighted by atomic mass is 28.4. The van der Waals surface area contributed by atoms with E-state index in [9.17, 15) is 0 Å². The first-order valence-electron chi connectivity index (χ1n) is 10.9. The smallest absolute Gasteiger partial charge is 0.261 e. The zero-order valence-corrected chi connectivity index (χ0v) is 19.8. The van der Waals surface area contributed by atoms with Gasteiger partial charge < -0.3 is 18.6 Å². The second kappa shape index (κ2) is 8.25. The molecule has 30 heavy (non-hydrogen) atoms. The second-order valence-electron chi connectivity index (χ2n) is 9.58. The van der Waals surface area contributed by atoms with Crippen molar-refractivity contribution in [3.05, 3.63) is 60.7 Å². The Balaban J connectivity index is 1.78. The van der Waals surface area contributed by atoms with Gasteiger partial charge in [-0.05, 0) is 15.4 Å². The lowest BCUT2D eigenvalue weighted by Crippen LogP contribution is -2.68. The molecule has 4 atom stereocenters. The highest BCUT2D eigenvalue weighted by Crippen LogP contribution is 2.43. The predicted molar refractivity (Wildman–Crippen MR) is 125 cm³/mol. The summed E-state index contributed by atoms with van der Waals surface area (Å²) in [6, 6.07) is 21.5. The van der Waals surface area contributed by atoms with Crippen molar-refractivity contribution in [1.29, 1.82) is 0 Å². The fourth-order valence-corrected chi connectivity index (χ4v) is 9.99. The van der Waals surface area contributed by atoms with Gasteiger partial charge in [0.05, 0.1) is 19.2 Å². The summed E-state index contributed by atoms with van der Waals surface area (Å²) in [5.74, 6) is 0. The molecule has 0 aliphatic carbocycles. The number of benzene rings is 2. The highest BCUT2D eigenvalue weighted by Gasteiger charge is 2.59. The van der Waals surface area contributed by atoms with Gasteiger partial charge in [-0.2, -0.15) is 0 Å². The summed E-state index contributed by atoms with van der Waals surface area (Å²) >= 11 is 0. The van der Waals surface area contributed by atoms with Crippen LogP contribution in [0, 0.1) is 0 Å². The van der Waals surface area contributed by atoms with Gasteiger partial charge in [0, 0.05) is 13.5 Å². The molecule has 0 aromatic heterocycles. The summed E-state index contributed by atoms with van der Waals surface area (Å²) < 4.78 is 25.6. The van der Waals surface area contributed by atoms with Gasteiger partial charge in [0.25, 0.3) is 8.32 Å². The summed E-state index contributed by atoms with van der Waals surface area (Å²) in [4.78, 5) is 0. The van der Waals surface area contributed by atoms with Crippen LogP contribution in [0.15, 0.2) is 60.7 Å². The molecule has 0 spiro atoms. The molecule has 0 N–H and O–H groups in total. The number of hydrogen-bond donors (Lipinski definition) is 0. The lowest BCUT2D eigenvalue weighted by molar-refractivity contribution is -0.148. The van der Waals surface area contributed by atoms with E-state index in [0.29, 0.717) is 13.2 Å². The number of ether oxygens (including phenoxy) is 3. The zero-order valence-electron chi connectivity index (χ0n) is 18.8. The zero-order chi connectivity index (χ0) is 21.4. The molecule has 0 amide bonds. The van der Waals surface area contributed by atoms with Crippen LogP contribution in [0.25, 0.3) is 0 Å². The molecule has 2 fully saturated rings. The summed E-state index contributed by atoms with van der Waals surface area (Å²) in [6.45, 7) is 8.09. The first-order valence-corrected chi connectivity index (χ1v) is 12.8. The van der Waals surface area contributed by atoms with Gasteiger partial charge in [0.15, 0.2) is 0 Å². The first-order chi connectivity index (χ1) is 14.3. The van der Waals surface area contributed by atoms with Crippen LogP contribution < -0.4 is 10.4 Å². The Labute approximate surface area is 182 Å². The van der Waals surface area contributed by atoms with Crippen LogP contribution in [0.1, 0.15) is 27.2 Å². The van der Waals surface area contributed by atoms with Crippen molar-refractivity contribution in [3.63, 3.8) is 0 Å². The summed E-state index contributed by atoms with van der Waals surface area (Å²) in [5, 5.41) is 2.50. The third kappa shape index (κ3) is 3.49. The minimum Gasteiger partial charge on any atom is -0.404 e. The maximum atomic E-state index is 7.19. The molecular weight excluding hydrogens is 391 g/mol. The van der Waals surface area contributed by atoms with Crippen LogP contribution in [-0.2, 0) is 18.6 Å². The molecule has 0 unspecified atom stereocenters. The molecule has 2 aromatic carbocycles. The van der Waals surface area contributed by atoms with Gasteiger partial charge in [-0.3, -0.25) is 0 Å². The van der Waals surface area contributed by atoms with Crippen molar-refractivity contribution in [2.24, 2.45) is 0 Å². The van der Waals surface area contributed by atoms with Crippen molar-refractivity contribution in [1.82, 2.24) is 0 Å². The molecule has 2 aliphatic rings. The number of methoxy groups -OCH3 is 1. The van der Waals surface area contributed by atoms with Gasteiger partial charge in [-0.15, -0.1) is 0 Å². The average molecular weight is 424 g/mol. The van der Waals surface area contributed by atoms with E-state index in [1.165, 1.54) is 10.4 Å². The molecule has 2 bridgehead atoms. The van der Waals surface area contributed by atoms with Gasteiger partial charge >= 0.3 is 0 Å². The molecule has 2 aliphatic heterocycles. The Morgan fingerprint density at radius 1 is 1.03 bits per heavy atom. The Kier molecular flexibility index (Phi) is 5.99. The molecule has 2 heterocycles. The van der Waals surface area contributed by atoms with Crippen LogP contribution in [0.5, 0.6) is 0 Å². The quantitative estimate of drug-likeness (QED) is 0.666. The maximum absolute atomic E-state index is 7.19. The number of rotatable bonds is 6. The Hall–Kier alpha value is -1.44. The Morgan fingerprint density at radius 3 is 2.10 bits per heavy atom. The average Bonchev–Trinajstić information content (AvgIpc) is 2.89. The van der Waals surface area contributed by atoms with E-state index in [1.807, 2.05) is 0 Å². The predicted octanol–water partition coefficient (Wildman–Crippen LogP) is 2.10. The van der Waals surface area contributed by atoms with E-state index in [4.69, 9.17) is 18.6 Å². The van der Waals surface area contributed by atoms with E-state index < -0.39 is 13.9 Å². The SMILES string of the molecule is B[C@@H]1O[C@@]2(CO[Si](c3ccccc3)(c3ccccc3)C(C)(C)C)CCO[C@@H]1[C@@H]2OC. The molecule has 0 radical (unpaired) electrons. The van der Waals surface area contributed by atoms with E-state index in [1.54, 1.807) is 7.11 Å². The lowest BCUT2D eigenvalue weighted by Gasteiger charge is -2.46. The maximum Gasteiger partial charge on any atom is 0.261 e. The Bertz CT molecular complexity index is 802. The normalized spacial score (nSPS) is 29.1. The minimum absolute atomic E-state index is 0.000189. The van der Waals surface area contributed by atoms with Crippen LogP contribution >= 0.6 is 0 Å². The highest BCUT2D eigenvalue weighted by molar-refractivity contribution is 6.99. The van der Waals surface area contributed by atoms with Crippen molar-refractivity contribution >= 4 is 26.5 Å². The number of hydrogen-bond acceptors (Lipinski definition) is 4. The molecule has 160 valence electrons. The van der Waals surface area contributed by atoms with Crippen LogP contribution in [0.3, 0.4) is 0 Å². The van der Waals surface area contributed by atoms with Crippen molar-refractivity contribution in [2.75, 3.05) is 20.3 Å². The van der Waals surface area contributed by atoms with E-state index in [-0.39, 0.29) is 23.2 Å². The van der Waals surface area contributed by atoms with Gasteiger partial charge in [0.1, 0.15) is 25.7 Å². The second-order valence-corrected chi connectivity index (χ2v) is 13.9. The fraction of sp³-hybridized carbons (Fsp3) is 0.500. The van der Waals surface area contributed by atoms with Crippen LogP contribution in [0.2, 0.25) is 5.04 Å². The summed E-state index contributed by atoms with van der Waals surface area (Å²) in [6.07, 6.45) is 0.635. The monoisotopic (exact) mass is 424 g/mol. The van der Waals surface area contributed by atoms with E-state index in [0.717, 1.165) is 6.42 Å². The third-order valence-corrected chi connectivity index (χ3v) is 11.7. The molecule has 2 aromatic rings. The van der Waals surface area contributed by atoms with E-state index >= 15 is 0 Å². The Morgan fingerprint density at radius 2 is 1.60 bits per heavy atom. The summed E-state index contributed by atoms with van der Waals surface area (Å²) in [5.41, 5.74) is -0.468. The van der Waals surface area contributed by atoms with Gasteiger partial charge in [0.2, 0.25) is 0 Å². The van der Waals surface area contributed by atoms with Crippen LogP contribution in [-0.4, -0.2) is 60.3 Å². The topological polar surface area (TPSA) is 36.9 Å². The lowest BCUT2D eigenvalue weighted by atomic mass is 9.86. The molecular formula is C24H33BO4Si. The van der Waals surface area contributed by atoms with Crippen LogP contribution in [0.4, 0.5) is 0 Å². The van der Waals surface area contributed by atoms with Crippen molar-refractivity contribution in [2.45, 2.75) is 56.0 Å². The first kappa shape index (κ1) is 21.8. The fourth-order valence-electron chi connectivity index (χ4n) is 5.37. The third-order valence-electron chi connectivity index (χ3n) is 6.74. The van der Waals surface area contributed by atoms with Crippen molar-refractivity contribution in [3.8, 4) is 0 Å².